The van der Waals surface area contributed by atoms with Gasteiger partial charge in [0, 0.05) is 18.1 Å². The summed E-state index contributed by atoms with van der Waals surface area (Å²) >= 11 is 1.54. The number of aromatic nitrogens is 2. The van der Waals surface area contributed by atoms with E-state index in [9.17, 15) is 9.59 Å². The fourth-order valence-corrected chi connectivity index (χ4v) is 3.17. The Hall–Kier alpha value is -2.80. The minimum Gasteiger partial charge on any atom is -0.341 e. The highest BCUT2D eigenvalue weighted by molar-refractivity contribution is 7.18. The number of benzene rings is 1. The van der Waals surface area contributed by atoms with Crippen LogP contribution in [-0.2, 0) is 9.59 Å². The van der Waals surface area contributed by atoms with Gasteiger partial charge in [0.05, 0.1) is 21.3 Å². The molecule has 0 radical (unpaired) electrons. The first-order valence-electron chi connectivity index (χ1n) is 7.42. The Labute approximate surface area is 142 Å². The van der Waals surface area contributed by atoms with E-state index in [0.29, 0.717) is 5.69 Å². The first kappa shape index (κ1) is 16.1. The smallest absolute Gasteiger partial charge is 0.313 e. The van der Waals surface area contributed by atoms with Gasteiger partial charge in [-0.2, -0.15) is 0 Å². The summed E-state index contributed by atoms with van der Waals surface area (Å²) in [5, 5.41) is 6.24. The third-order valence-electron chi connectivity index (χ3n) is 3.51. The maximum absolute atomic E-state index is 12.1. The van der Waals surface area contributed by atoms with Crippen molar-refractivity contribution in [1.82, 2.24) is 15.3 Å². The molecular weight excluding hydrogens is 324 g/mol. The van der Waals surface area contributed by atoms with Crippen LogP contribution >= 0.6 is 11.3 Å². The number of nitrogens with zero attached hydrogens (tertiary/aromatic N) is 2. The van der Waals surface area contributed by atoms with Gasteiger partial charge >= 0.3 is 11.8 Å². The van der Waals surface area contributed by atoms with Crippen molar-refractivity contribution in [3.63, 3.8) is 0 Å². The van der Waals surface area contributed by atoms with Crippen molar-refractivity contribution >= 4 is 39.1 Å². The van der Waals surface area contributed by atoms with Crippen molar-refractivity contribution < 1.29 is 9.59 Å². The van der Waals surface area contributed by atoms with Gasteiger partial charge in [0.1, 0.15) is 0 Å². The minimum absolute atomic E-state index is 0.280. The predicted octanol–water partition coefficient (Wildman–Crippen LogP) is 2.82. The molecular formula is C17H16N4O2S. The van der Waals surface area contributed by atoms with E-state index >= 15 is 0 Å². The molecule has 3 rings (SSSR count). The Morgan fingerprint density at radius 1 is 1.12 bits per heavy atom. The lowest BCUT2D eigenvalue weighted by atomic mass is 10.1. The van der Waals surface area contributed by atoms with Crippen LogP contribution in [0.5, 0.6) is 0 Å². The molecule has 2 amide bonds. The Kier molecular flexibility index (Phi) is 4.52. The van der Waals surface area contributed by atoms with E-state index in [2.05, 4.69) is 20.6 Å². The average molecular weight is 340 g/mol. The van der Waals surface area contributed by atoms with Crippen LogP contribution in [0.1, 0.15) is 23.5 Å². The predicted molar refractivity (Wildman–Crippen MR) is 93.8 cm³/mol. The number of carbonyl (C=O) groups excluding carboxylic acids is 2. The van der Waals surface area contributed by atoms with Crippen molar-refractivity contribution in [2.45, 2.75) is 19.9 Å². The topological polar surface area (TPSA) is 84.0 Å². The molecule has 3 aromatic rings. The highest BCUT2D eigenvalue weighted by Crippen LogP contribution is 2.24. The van der Waals surface area contributed by atoms with E-state index in [1.165, 1.54) is 0 Å². The highest BCUT2D eigenvalue weighted by Gasteiger charge is 2.17. The third-order valence-corrected chi connectivity index (χ3v) is 4.45. The quantitative estimate of drug-likeness (QED) is 0.718. The number of fused-ring (bicyclic) bond motifs is 1. The zero-order valence-electron chi connectivity index (χ0n) is 13.2. The first-order valence-corrected chi connectivity index (χ1v) is 8.23. The second kappa shape index (κ2) is 6.76. The molecule has 0 aliphatic carbocycles. The maximum atomic E-state index is 12.1. The summed E-state index contributed by atoms with van der Waals surface area (Å²) < 4.78 is 0.968. The van der Waals surface area contributed by atoms with Crippen LogP contribution in [-0.4, -0.2) is 21.8 Å². The van der Waals surface area contributed by atoms with Crippen LogP contribution < -0.4 is 10.6 Å². The maximum Gasteiger partial charge on any atom is 0.313 e. The monoisotopic (exact) mass is 340 g/mol. The zero-order valence-corrected chi connectivity index (χ0v) is 14.1. The van der Waals surface area contributed by atoms with E-state index in [1.54, 1.807) is 41.9 Å². The number of aryl methyl sites for hydroxylation is 1. The second-order valence-corrected chi connectivity index (χ2v) is 6.58. The molecule has 0 fully saturated rings. The Morgan fingerprint density at radius 2 is 1.88 bits per heavy atom. The van der Waals surface area contributed by atoms with Crippen molar-refractivity contribution in [3.05, 3.63) is 53.3 Å². The van der Waals surface area contributed by atoms with E-state index in [4.69, 9.17) is 0 Å². The van der Waals surface area contributed by atoms with Crippen molar-refractivity contribution in [2.24, 2.45) is 0 Å². The number of hydrogen-bond acceptors (Lipinski definition) is 5. The number of hydrogen-bond donors (Lipinski definition) is 2. The Balaban J connectivity index is 1.65. The van der Waals surface area contributed by atoms with Crippen LogP contribution in [0.4, 0.5) is 5.69 Å². The van der Waals surface area contributed by atoms with Crippen LogP contribution in [0.25, 0.3) is 10.2 Å². The molecule has 0 spiro atoms. The number of carbonyl (C=O) groups is 2. The fourth-order valence-electron chi connectivity index (χ4n) is 2.30. The zero-order chi connectivity index (χ0) is 17.1. The molecule has 0 aliphatic heterocycles. The molecule has 24 heavy (non-hydrogen) atoms. The van der Waals surface area contributed by atoms with Gasteiger partial charge in [-0.25, -0.2) is 4.98 Å². The lowest BCUT2D eigenvalue weighted by molar-refractivity contribution is -0.136. The number of rotatable bonds is 3. The summed E-state index contributed by atoms with van der Waals surface area (Å²) in [4.78, 5) is 32.4. The molecule has 0 saturated carbocycles. The third kappa shape index (κ3) is 3.57. The Bertz CT molecular complexity index is 892. The summed E-state index contributed by atoms with van der Waals surface area (Å²) in [5.41, 5.74) is 2.34. The van der Waals surface area contributed by atoms with Gasteiger partial charge in [-0.15, -0.1) is 11.3 Å². The van der Waals surface area contributed by atoms with Gasteiger partial charge in [0.2, 0.25) is 0 Å². The molecule has 0 saturated heterocycles. The molecule has 2 N–H and O–H groups in total. The molecule has 7 heteroatoms. The SMILES string of the molecule is Cc1nc2ccc(NC(=O)C(=O)N[C@H](C)c3ccncc3)cc2s1. The van der Waals surface area contributed by atoms with Crippen molar-refractivity contribution in [3.8, 4) is 0 Å². The van der Waals surface area contributed by atoms with E-state index in [1.807, 2.05) is 26.0 Å². The lowest BCUT2D eigenvalue weighted by Gasteiger charge is -2.13. The number of pyridine rings is 1. The van der Waals surface area contributed by atoms with Gasteiger partial charge in [0.25, 0.3) is 0 Å². The highest BCUT2D eigenvalue weighted by atomic mass is 32.1. The minimum atomic E-state index is -0.698. The number of amides is 2. The fraction of sp³-hybridized carbons (Fsp3) is 0.176. The number of thiazole rings is 1. The average Bonchev–Trinajstić information content (AvgIpc) is 2.94. The molecule has 1 aromatic carbocycles. The number of anilines is 1. The summed E-state index contributed by atoms with van der Waals surface area (Å²) in [7, 11) is 0. The molecule has 0 bridgehead atoms. The van der Waals surface area contributed by atoms with Gasteiger partial charge in [-0.3, -0.25) is 14.6 Å². The van der Waals surface area contributed by atoms with Crippen LogP contribution in [0.2, 0.25) is 0 Å². The van der Waals surface area contributed by atoms with Crippen molar-refractivity contribution in [1.29, 1.82) is 0 Å². The summed E-state index contributed by atoms with van der Waals surface area (Å²) in [5.74, 6) is -1.38. The van der Waals surface area contributed by atoms with Crippen LogP contribution in [0, 0.1) is 6.92 Å². The molecule has 122 valence electrons. The number of nitrogens with one attached hydrogen (secondary N) is 2. The van der Waals surface area contributed by atoms with Gasteiger partial charge in [0.15, 0.2) is 0 Å². The van der Waals surface area contributed by atoms with E-state index in [-0.39, 0.29) is 6.04 Å². The van der Waals surface area contributed by atoms with Crippen molar-refractivity contribution in [2.75, 3.05) is 5.32 Å². The summed E-state index contributed by atoms with van der Waals surface area (Å²) in [6, 6.07) is 8.69. The summed E-state index contributed by atoms with van der Waals surface area (Å²) in [6.45, 7) is 3.74. The normalized spacial score (nSPS) is 11.9. The first-order chi connectivity index (χ1) is 11.5. The van der Waals surface area contributed by atoms with Gasteiger partial charge < -0.3 is 10.6 Å². The standard InChI is InChI=1S/C17H16N4O2S/c1-10(12-5-7-18-8-6-12)19-16(22)17(23)21-13-3-4-14-15(9-13)24-11(2)20-14/h3-10H,1-2H3,(H,19,22)(H,21,23)/t10-/m1/s1. The van der Waals surface area contributed by atoms with Gasteiger partial charge in [-0.05, 0) is 49.7 Å². The molecule has 2 heterocycles. The van der Waals surface area contributed by atoms with Crippen LogP contribution in [0.15, 0.2) is 42.7 Å². The molecule has 6 nitrogen and oxygen atoms in total. The van der Waals surface area contributed by atoms with E-state index in [0.717, 1.165) is 20.8 Å². The molecule has 0 unspecified atom stereocenters. The molecule has 2 aromatic heterocycles. The van der Waals surface area contributed by atoms with Gasteiger partial charge in [-0.1, -0.05) is 0 Å². The Morgan fingerprint density at radius 3 is 2.62 bits per heavy atom. The second-order valence-electron chi connectivity index (χ2n) is 5.35. The molecule has 0 aliphatic rings. The summed E-state index contributed by atoms with van der Waals surface area (Å²) in [6.07, 6.45) is 3.29. The van der Waals surface area contributed by atoms with E-state index < -0.39 is 11.8 Å². The molecule has 1 atom stereocenters. The lowest BCUT2D eigenvalue weighted by Crippen LogP contribution is -2.36. The largest absolute Gasteiger partial charge is 0.341 e. The van der Waals surface area contributed by atoms with Crippen LogP contribution in [0.3, 0.4) is 0 Å².